The Labute approximate surface area is 93.4 Å². The minimum atomic E-state index is -3.90. The van der Waals surface area contributed by atoms with Crippen LogP contribution in [-0.2, 0) is 24.5 Å². The van der Waals surface area contributed by atoms with Crippen molar-refractivity contribution in [3.8, 4) is 0 Å². The smallest absolute Gasteiger partial charge is 0.322 e. The topological polar surface area (TPSA) is 113 Å². The molecule has 0 aliphatic carbocycles. The first-order valence-corrected chi connectivity index (χ1v) is 5.64. The van der Waals surface area contributed by atoms with Gasteiger partial charge in [0.25, 0.3) is 10.2 Å². The van der Waals surface area contributed by atoms with E-state index in [1.54, 1.807) is 0 Å². The molecule has 9 heteroatoms. The summed E-state index contributed by atoms with van der Waals surface area (Å²) >= 11 is 0. The minimum Gasteiger partial charge on any atom is -0.480 e. The van der Waals surface area contributed by atoms with Gasteiger partial charge in [-0.05, 0) is 0 Å². The molecule has 0 saturated heterocycles. The zero-order valence-corrected chi connectivity index (χ0v) is 9.94. The standard InChI is InChI=1S/C7H14N2O6S/c1-9(2)16(13,14)8-5(7(11)12)4-6(10)15-3/h5,8H,4H2,1-3H3,(H,11,12)/t5-/m0/s1. The molecule has 0 spiro atoms. The number of methoxy groups -OCH3 is 1. The number of hydrogen-bond acceptors (Lipinski definition) is 5. The molecule has 0 bridgehead atoms. The van der Waals surface area contributed by atoms with E-state index in [-0.39, 0.29) is 0 Å². The van der Waals surface area contributed by atoms with Crippen molar-refractivity contribution in [3.63, 3.8) is 0 Å². The third kappa shape index (κ3) is 4.55. The lowest BCUT2D eigenvalue weighted by atomic mass is 10.2. The maximum atomic E-state index is 11.3. The second kappa shape index (κ2) is 5.77. The number of carboxylic acid groups (broad SMARTS) is 1. The van der Waals surface area contributed by atoms with Gasteiger partial charge in [-0.15, -0.1) is 0 Å². The SMILES string of the molecule is COC(=O)C[C@H](NS(=O)(=O)N(C)C)C(=O)O. The average Bonchev–Trinajstić information content (AvgIpc) is 2.15. The maximum absolute atomic E-state index is 11.3. The summed E-state index contributed by atoms with van der Waals surface area (Å²) in [6.07, 6.45) is -0.571. The number of rotatable bonds is 6. The number of aliphatic carboxylic acids is 1. The Bertz CT molecular complexity index is 363. The number of esters is 1. The Morgan fingerprint density at radius 3 is 2.25 bits per heavy atom. The van der Waals surface area contributed by atoms with Gasteiger partial charge in [0.05, 0.1) is 13.5 Å². The summed E-state index contributed by atoms with van der Waals surface area (Å²) in [6, 6.07) is -1.54. The Hall–Kier alpha value is -1.19. The molecule has 0 unspecified atom stereocenters. The van der Waals surface area contributed by atoms with Crippen molar-refractivity contribution in [1.29, 1.82) is 0 Å². The number of carbonyl (C=O) groups excluding carboxylic acids is 1. The van der Waals surface area contributed by atoms with Crippen LogP contribution in [0.25, 0.3) is 0 Å². The lowest BCUT2D eigenvalue weighted by molar-refractivity contribution is -0.147. The molecule has 0 rings (SSSR count). The Morgan fingerprint density at radius 2 is 1.94 bits per heavy atom. The average molecular weight is 254 g/mol. The lowest BCUT2D eigenvalue weighted by Gasteiger charge is -2.17. The van der Waals surface area contributed by atoms with Gasteiger partial charge in [0.1, 0.15) is 6.04 Å². The van der Waals surface area contributed by atoms with Gasteiger partial charge in [-0.25, -0.2) is 0 Å². The molecule has 0 aromatic rings. The van der Waals surface area contributed by atoms with E-state index in [2.05, 4.69) is 4.74 Å². The van der Waals surface area contributed by atoms with Crippen molar-refractivity contribution < 1.29 is 27.9 Å². The Morgan fingerprint density at radius 1 is 1.44 bits per heavy atom. The molecule has 16 heavy (non-hydrogen) atoms. The molecular weight excluding hydrogens is 240 g/mol. The highest BCUT2D eigenvalue weighted by molar-refractivity contribution is 7.87. The van der Waals surface area contributed by atoms with Crippen molar-refractivity contribution >= 4 is 22.1 Å². The van der Waals surface area contributed by atoms with Crippen molar-refractivity contribution in [1.82, 2.24) is 9.03 Å². The molecule has 0 saturated carbocycles. The van der Waals surface area contributed by atoms with E-state index in [4.69, 9.17) is 5.11 Å². The molecule has 2 N–H and O–H groups in total. The van der Waals surface area contributed by atoms with Gasteiger partial charge >= 0.3 is 11.9 Å². The number of nitrogens with zero attached hydrogens (tertiary/aromatic N) is 1. The molecule has 0 aromatic carbocycles. The first-order chi connectivity index (χ1) is 7.20. The molecule has 0 aliphatic heterocycles. The van der Waals surface area contributed by atoms with E-state index in [0.717, 1.165) is 11.4 Å². The normalized spacial score (nSPS) is 13.5. The van der Waals surface area contributed by atoms with E-state index < -0.39 is 34.6 Å². The summed E-state index contributed by atoms with van der Waals surface area (Å²) in [5.74, 6) is -2.26. The predicted molar refractivity (Wildman–Crippen MR) is 53.8 cm³/mol. The van der Waals surface area contributed by atoms with Gasteiger partial charge in [-0.3, -0.25) is 9.59 Å². The van der Waals surface area contributed by atoms with Crippen LogP contribution in [0.15, 0.2) is 0 Å². The number of carbonyl (C=O) groups is 2. The van der Waals surface area contributed by atoms with Gasteiger partial charge < -0.3 is 9.84 Å². The number of hydrogen-bond donors (Lipinski definition) is 2. The molecule has 0 radical (unpaired) electrons. The fourth-order valence-corrected chi connectivity index (χ4v) is 1.47. The molecular formula is C7H14N2O6S. The summed E-state index contributed by atoms with van der Waals surface area (Å²) in [5, 5.41) is 8.71. The highest BCUT2D eigenvalue weighted by Gasteiger charge is 2.27. The van der Waals surface area contributed by atoms with Crippen molar-refractivity contribution in [2.24, 2.45) is 0 Å². The van der Waals surface area contributed by atoms with E-state index in [9.17, 15) is 18.0 Å². The van der Waals surface area contributed by atoms with Crippen LogP contribution in [0, 0.1) is 0 Å². The molecule has 0 amide bonds. The van der Waals surface area contributed by atoms with Crippen molar-refractivity contribution in [3.05, 3.63) is 0 Å². The zero-order valence-electron chi connectivity index (χ0n) is 9.13. The van der Waals surface area contributed by atoms with Crippen LogP contribution in [0.1, 0.15) is 6.42 Å². The molecule has 0 aliphatic rings. The van der Waals surface area contributed by atoms with Crippen LogP contribution >= 0.6 is 0 Å². The molecule has 94 valence electrons. The minimum absolute atomic E-state index is 0.571. The van der Waals surface area contributed by atoms with Crippen LogP contribution in [0.2, 0.25) is 0 Å². The van der Waals surface area contributed by atoms with Gasteiger partial charge in [-0.2, -0.15) is 17.4 Å². The summed E-state index contributed by atoms with van der Waals surface area (Å²) < 4.78 is 29.5. The third-order valence-corrected chi connectivity index (χ3v) is 3.21. The van der Waals surface area contributed by atoms with E-state index in [1.165, 1.54) is 14.1 Å². The van der Waals surface area contributed by atoms with Crippen LogP contribution in [-0.4, -0.2) is 57.0 Å². The lowest BCUT2D eigenvalue weighted by Crippen LogP contribution is -2.46. The summed E-state index contributed by atoms with van der Waals surface area (Å²) in [5.41, 5.74) is 0. The van der Waals surface area contributed by atoms with Gasteiger partial charge in [0.15, 0.2) is 0 Å². The van der Waals surface area contributed by atoms with Crippen LogP contribution < -0.4 is 4.72 Å². The molecule has 0 fully saturated rings. The first-order valence-electron chi connectivity index (χ1n) is 4.20. The quantitative estimate of drug-likeness (QED) is 0.552. The maximum Gasteiger partial charge on any atom is 0.322 e. The van der Waals surface area contributed by atoms with E-state index in [1.807, 2.05) is 4.72 Å². The summed E-state index contributed by atoms with van der Waals surface area (Å²) in [4.78, 5) is 21.5. The van der Waals surface area contributed by atoms with Gasteiger partial charge in [0.2, 0.25) is 0 Å². The van der Waals surface area contributed by atoms with Crippen molar-refractivity contribution in [2.75, 3.05) is 21.2 Å². The fourth-order valence-electron chi connectivity index (χ4n) is 0.715. The number of carboxylic acids is 1. The summed E-state index contributed by atoms with van der Waals surface area (Å²) in [6.45, 7) is 0. The van der Waals surface area contributed by atoms with E-state index in [0.29, 0.717) is 0 Å². The number of ether oxygens (including phenoxy) is 1. The second-order valence-electron chi connectivity index (χ2n) is 3.08. The second-order valence-corrected chi connectivity index (χ2v) is 4.99. The monoisotopic (exact) mass is 254 g/mol. The van der Waals surface area contributed by atoms with E-state index >= 15 is 0 Å². The number of nitrogens with one attached hydrogen (secondary N) is 1. The first kappa shape index (κ1) is 14.8. The van der Waals surface area contributed by atoms with Crippen molar-refractivity contribution in [2.45, 2.75) is 12.5 Å². The highest BCUT2D eigenvalue weighted by atomic mass is 32.2. The zero-order chi connectivity index (χ0) is 12.9. The van der Waals surface area contributed by atoms with Crippen LogP contribution in [0.5, 0.6) is 0 Å². The van der Waals surface area contributed by atoms with Crippen LogP contribution in [0.4, 0.5) is 0 Å². The van der Waals surface area contributed by atoms with Crippen LogP contribution in [0.3, 0.4) is 0 Å². The fraction of sp³-hybridized carbons (Fsp3) is 0.714. The highest BCUT2D eigenvalue weighted by Crippen LogP contribution is 1.99. The van der Waals surface area contributed by atoms with Gasteiger partial charge in [0, 0.05) is 14.1 Å². The predicted octanol–water partition coefficient (Wildman–Crippen LogP) is -1.60. The molecule has 8 nitrogen and oxygen atoms in total. The van der Waals surface area contributed by atoms with Gasteiger partial charge in [-0.1, -0.05) is 0 Å². The third-order valence-electron chi connectivity index (χ3n) is 1.67. The Balaban J connectivity index is 4.72. The largest absolute Gasteiger partial charge is 0.480 e. The molecule has 0 heterocycles. The summed E-state index contributed by atoms with van der Waals surface area (Å²) in [7, 11) is -0.346. The Kier molecular flexibility index (Phi) is 5.35. The molecule has 0 aromatic heterocycles. The molecule has 1 atom stereocenters.